The first-order chi connectivity index (χ1) is 6.61. The van der Waals surface area contributed by atoms with Crippen molar-refractivity contribution in [3.8, 4) is 0 Å². The number of amides is 1. The van der Waals surface area contributed by atoms with Gasteiger partial charge in [-0.15, -0.1) is 0 Å². The SMILES string of the molecule is O=C(c1cccnc1)N1CCC1(F)F. The van der Waals surface area contributed by atoms with Gasteiger partial charge in [-0.3, -0.25) is 14.7 Å². The van der Waals surface area contributed by atoms with Crippen LogP contribution in [0.15, 0.2) is 24.5 Å². The number of pyridine rings is 1. The van der Waals surface area contributed by atoms with E-state index in [2.05, 4.69) is 4.98 Å². The molecule has 0 saturated carbocycles. The molecular formula is C9H8F2N2O. The fraction of sp³-hybridized carbons (Fsp3) is 0.333. The van der Waals surface area contributed by atoms with Crippen LogP contribution >= 0.6 is 0 Å². The van der Waals surface area contributed by atoms with Gasteiger partial charge in [-0.05, 0) is 12.1 Å². The highest BCUT2D eigenvalue weighted by atomic mass is 19.3. The van der Waals surface area contributed by atoms with Crippen molar-refractivity contribution in [2.75, 3.05) is 6.54 Å². The third kappa shape index (κ3) is 1.34. The molecule has 5 heteroatoms. The molecule has 1 aromatic heterocycles. The third-order valence-electron chi connectivity index (χ3n) is 2.18. The van der Waals surface area contributed by atoms with E-state index in [9.17, 15) is 13.6 Å². The molecule has 1 saturated heterocycles. The summed E-state index contributed by atoms with van der Waals surface area (Å²) in [5, 5.41) is 0. The summed E-state index contributed by atoms with van der Waals surface area (Å²) in [4.78, 5) is 15.7. The first-order valence-electron chi connectivity index (χ1n) is 4.21. The van der Waals surface area contributed by atoms with Crippen molar-refractivity contribution in [2.24, 2.45) is 0 Å². The minimum Gasteiger partial charge on any atom is -0.279 e. The summed E-state index contributed by atoms with van der Waals surface area (Å²) in [5.41, 5.74) is 0.201. The van der Waals surface area contributed by atoms with E-state index in [0.29, 0.717) is 4.90 Å². The lowest BCUT2D eigenvalue weighted by atomic mass is 10.1. The van der Waals surface area contributed by atoms with E-state index >= 15 is 0 Å². The predicted octanol–water partition coefficient (Wildman–Crippen LogP) is 1.52. The predicted molar refractivity (Wildman–Crippen MR) is 44.8 cm³/mol. The second-order valence-electron chi connectivity index (χ2n) is 3.11. The van der Waals surface area contributed by atoms with Crippen molar-refractivity contribution in [1.29, 1.82) is 0 Å². The highest BCUT2D eigenvalue weighted by molar-refractivity contribution is 5.94. The van der Waals surface area contributed by atoms with Gasteiger partial charge in [0, 0.05) is 25.4 Å². The van der Waals surface area contributed by atoms with E-state index in [1.54, 1.807) is 6.07 Å². The van der Waals surface area contributed by atoms with Crippen molar-refractivity contribution in [1.82, 2.24) is 9.88 Å². The minimum absolute atomic E-state index is 0.112. The van der Waals surface area contributed by atoms with Crippen LogP contribution in [0.2, 0.25) is 0 Å². The van der Waals surface area contributed by atoms with Crippen LogP contribution in [0.25, 0.3) is 0 Å². The Hall–Kier alpha value is -1.52. The van der Waals surface area contributed by atoms with E-state index in [1.807, 2.05) is 0 Å². The Balaban J connectivity index is 2.18. The molecule has 14 heavy (non-hydrogen) atoms. The second-order valence-corrected chi connectivity index (χ2v) is 3.11. The van der Waals surface area contributed by atoms with Crippen molar-refractivity contribution in [3.63, 3.8) is 0 Å². The van der Waals surface area contributed by atoms with Crippen LogP contribution in [-0.4, -0.2) is 28.4 Å². The molecule has 0 spiro atoms. The molecule has 2 rings (SSSR count). The Morgan fingerprint density at radius 3 is 2.79 bits per heavy atom. The van der Waals surface area contributed by atoms with Crippen LogP contribution in [0.5, 0.6) is 0 Å². The molecule has 74 valence electrons. The van der Waals surface area contributed by atoms with Crippen LogP contribution < -0.4 is 0 Å². The van der Waals surface area contributed by atoms with Gasteiger partial charge in [0.15, 0.2) is 0 Å². The third-order valence-corrected chi connectivity index (χ3v) is 2.18. The summed E-state index contributed by atoms with van der Waals surface area (Å²) < 4.78 is 25.6. The number of rotatable bonds is 1. The van der Waals surface area contributed by atoms with Crippen LogP contribution in [0, 0.1) is 0 Å². The number of hydrogen-bond donors (Lipinski definition) is 0. The maximum absolute atomic E-state index is 12.8. The first-order valence-corrected chi connectivity index (χ1v) is 4.21. The summed E-state index contributed by atoms with van der Waals surface area (Å²) in [6.45, 7) is 0.112. The highest BCUT2D eigenvalue weighted by Gasteiger charge is 2.49. The number of carbonyl (C=O) groups is 1. The van der Waals surface area contributed by atoms with Gasteiger partial charge in [0.2, 0.25) is 0 Å². The summed E-state index contributed by atoms with van der Waals surface area (Å²) in [6, 6.07) is 0.0435. The summed E-state index contributed by atoms with van der Waals surface area (Å²) in [7, 11) is 0. The molecule has 2 heterocycles. The Kier molecular flexibility index (Phi) is 1.94. The standard InChI is InChI=1S/C9H8F2N2O/c10-9(11)3-5-13(9)8(14)7-2-1-4-12-6-7/h1-2,4,6H,3,5H2. The second kappa shape index (κ2) is 3.01. The molecule has 0 aromatic carbocycles. The Labute approximate surface area is 79.4 Å². The molecule has 3 nitrogen and oxygen atoms in total. The lowest BCUT2D eigenvalue weighted by molar-refractivity contribution is -0.189. The first kappa shape index (κ1) is 9.05. The molecular weight excluding hydrogens is 190 g/mol. The molecule has 0 aliphatic carbocycles. The number of likely N-dealkylation sites (tertiary alicyclic amines) is 1. The number of aromatic nitrogens is 1. The van der Waals surface area contributed by atoms with Crippen molar-refractivity contribution in [3.05, 3.63) is 30.1 Å². The van der Waals surface area contributed by atoms with Gasteiger partial charge in [-0.1, -0.05) is 0 Å². The Morgan fingerprint density at radius 1 is 1.57 bits per heavy atom. The van der Waals surface area contributed by atoms with Gasteiger partial charge in [-0.25, -0.2) is 0 Å². The maximum Gasteiger partial charge on any atom is 0.329 e. The van der Waals surface area contributed by atoms with Gasteiger partial charge < -0.3 is 0 Å². The van der Waals surface area contributed by atoms with Crippen molar-refractivity contribution >= 4 is 5.91 Å². The molecule has 1 aromatic rings. The van der Waals surface area contributed by atoms with Crippen LogP contribution in [0.3, 0.4) is 0 Å². The fourth-order valence-electron chi connectivity index (χ4n) is 1.29. The molecule has 1 aliphatic heterocycles. The van der Waals surface area contributed by atoms with Gasteiger partial charge in [0.1, 0.15) is 0 Å². The van der Waals surface area contributed by atoms with Crippen LogP contribution in [0.4, 0.5) is 8.78 Å². The fourth-order valence-corrected chi connectivity index (χ4v) is 1.29. The van der Waals surface area contributed by atoms with Gasteiger partial charge in [0.25, 0.3) is 5.91 Å². The zero-order valence-electron chi connectivity index (χ0n) is 7.28. The number of nitrogens with zero attached hydrogens (tertiary/aromatic N) is 2. The van der Waals surface area contributed by atoms with Crippen LogP contribution in [0.1, 0.15) is 16.8 Å². The molecule has 1 amide bonds. The maximum atomic E-state index is 12.8. The molecule has 0 N–H and O–H groups in total. The molecule has 0 atom stereocenters. The van der Waals surface area contributed by atoms with Gasteiger partial charge in [-0.2, -0.15) is 8.78 Å². The van der Waals surface area contributed by atoms with Crippen molar-refractivity contribution in [2.45, 2.75) is 12.5 Å². The molecule has 1 fully saturated rings. The van der Waals surface area contributed by atoms with E-state index in [0.717, 1.165) is 0 Å². The number of alkyl halides is 2. The average molecular weight is 198 g/mol. The molecule has 1 aliphatic rings. The Morgan fingerprint density at radius 2 is 2.36 bits per heavy atom. The normalized spacial score (nSPS) is 18.9. The summed E-state index contributed by atoms with van der Waals surface area (Å²) >= 11 is 0. The Bertz CT molecular complexity index is 353. The van der Waals surface area contributed by atoms with E-state index in [-0.39, 0.29) is 18.5 Å². The van der Waals surface area contributed by atoms with Crippen molar-refractivity contribution < 1.29 is 13.6 Å². The summed E-state index contributed by atoms with van der Waals surface area (Å²) in [5.74, 6) is -0.658. The highest BCUT2D eigenvalue weighted by Crippen LogP contribution is 2.34. The minimum atomic E-state index is -2.98. The number of halogens is 2. The van der Waals surface area contributed by atoms with E-state index in [4.69, 9.17) is 0 Å². The zero-order chi connectivity index (χ0) is 10.2. The lowest BCUT2D eigenvalue weighted by Gasteiger charge is -2.40. The zero-order valence-corrected chi connectivity index (χ0v) is 7.28. The topological polar surface area (TPSA) is 33.2 Å². The molecule has 0 bridgehead atoms. The smallest absolute Gasteiger partial charge is 0.279 e. The summed E-state index contributed by atoms with van der Waals surface area (Å²) in [6.07, 6.45) is 2.53. The quantitative estimate of drug-likeness (QED) is 0.641. The largest absolute Gasteiger partial charge is 0.329 e. The molecule has 0 radical (unpaired) electrons. The van der Waals surface area contributed by atoms with E-state index in [1.165, 1.54) is 18.5 Å². The van der Waals surface area contributed by atoms with Gasteiger partial charge in [0.05, 0.1) is 5.56 Å². The van der Waals surface area contributed by atoms with Gasteiger partial charge >= 0.3 is 6.05 Å². The number of carbonyl (C=O) groups excluding carboxylic acids is 1. The van der Waals surface area contributed by atoms with E-state index < -0.39 is 12.0 Å². The molecule has 0 unspecified atom stereocenters. The lowest BCUT2D eigenvalue weighted by Crippen LogP contribution is -2.56. The number of hydrogen-bond acceptors (Lipinski definition) is 2. The monoisotopic (exact) mass is 198 g/mol. The van der Waals surface area contributed by atoms with Crippen LogP contribution in [-0.2, 0) is 0 Å². The average Bonchev–Trinajstić information content (AvgIpc) is 2.18.